The molecule has 0 spiro atoms. The first kappa shape index (κ1) is 14.5. The fourth-order valence-electron chi connectivity index (χ4n) is 1.83. The van der Waals surface area contributed by atoms with E-state index < -0.39 is 23.7 Å². The Morgan fingerprint density at radius 3 is 2.55 bits per heavy atom. The summed E-state index contributed by atoms with van der Waals surface area (Å²) in [5.74, 6) is -0.866. The number of aliphatic hydroxyl groups is 1. The van der Waals surface area contributed by atoms with Crippen molar-refractivity contribution in [1.82, 2.24) is 4.98 Å². The van der Waals surface area contributed by atoms with Crippen molar-refractivity contribution in [2.45, 2.75) is 18.7 Å². The number of hydrogen-bond donors (Lipinski definition) is 1. The molecule has 1 unspecified atom stereocenters. The normalized spacial score (nSPS) is 13.2. The molecule has 0 radical (unpaired) electrons. The number of aromatic nitrogens is 1. The van der Waals surface area contributed by atoms with Crippen LogP contribution < -0.4 is 0 Å². The highest BCUT2D eigenvalue weighted by atomic mass is 19.4. The standard InChI is InChI=1S/C14H11F4NO/c15-12-4-3-10(14(16,17)18)7-11(12)13(20)6-9-2-1-5-19-8-9/h1-5,7-8,13,20H,6H2. The molecule has 0 aliphatic heterocycles. The Kier molecular flexibility index (Phi) is 4.04. The predicted octanol–water partition coefficient (Wildman–Crippen LogP) is 3.52. The Morgan fingerprint density at radius 2 is 1.95 bits per heavy atom. The van der Waals surface area contributed by atoms with E-state index in [0.717, 1.165) is 0 Å². The van der Waals surface area contributed by atoms with Gasteiger partial charge < -0.3 is 5.11 Å². The van der Waals surface area contributed by atoms with Crippen molar-refractivity contribution in [1.29, 1.82) is 0 Å². The lowest BCUT2D eigenvalue weighted by molar-refractivity contribution is -0.137. The summed E-state index contributed by atoms with van der Waals surface area (Å²) in [6.45, 7) is 0. The van der Waals surface area contributed by atoms with Crippen LogP contribution in [0.15, 0.2) is 42.7 Å². The zero-order chi connectivity index (χ0) is 14.8. The minimum Gasteiger partial charge on any atom is -0.388 e. The molecule has 0 saturated heterocycles. The quantitative estimate of drug-likeness (QED) is 0.875. The highest BCUT2D eigenvalue weighted by Crippen LogP contribution is 2.32. The van der Waals surface area contributed by atoms with Gasteiger partial charge in [0, 0.05) is 24.4 Å². The number of benzene rings is 1. The summed E-state index contributed by atoms with van der Waals surface area (Å²) in [5.41, 5.74) is -0.750. The first-order valence-electron chi connectivity index (χ1n) is 5.81. The number of alkyl halides is 3. The lowest BCUT2D eigenvalue weighted by Crippen LogP contribution is -2.10. The van der Waals surface area contributed by atoms with E-state index in [-0.39, 0.29) is 12.0 Å². The molecule has 1 atom stereocenters. The average Bonchev–Trinajstić information content (AvgIpc) is 2.39. The molecule has 6 heteroatoms. The summed E-state index contributed by atoms with van der Waals surface area (Å²) < 4.78 is 51.3. The predicted molar refractivity (Wildman–Crippen MR) is 64.3 cm³/mol. The van der Waals surface area contributed by atoms with Crippen LogP contribution >= 0.6 is 0 Å². The van der Waals surface area contributed by atoms with Gasteiger partial charge in [0.05, 0.1) is 11.7 Å². The average molecular weight is 285 g/mol. The van der Waals surface area contributed by atoms with Gasteiger partial charge in [-0.15, -0.1) is 0 Å². The van der Waals surface area contributed by atoms with Crippen molar-refractivity contribution >= 4 is 0 Å². The molecule has 2 rings (SSSR count). The summed E-state index contributed by atoms with van der Waals surface area (Å²) in [7, 11) is 0. The highest BCUT2D eigenvalue weighted by molar-refractivity contribution is 5.29. The van der Waals surface area contributed by atoms with Crippen LogP contribution in [0.4, 0.5) is 17.6 Å². The maximum Gasteiger partial charge on any atom is 0.416 e. The van der Waals surface area contributed by atoms with Gasteiger partial charge in [-0.1, -0.05) is 6.07 Å². The van der Waals surface area contributed by atoms with Gasteiger partial charge in [-0.2, -0.15) is 13.2 Å². The first-order chi connectivity index (χ1) is 9.38. The summed E-state index contributed by atoms with van der Waals surface area (Å²) in [6.07, 6.45) is -2.95. The lowest BCUT2D eigenvalue weighted by Gasteiger charge is -2.14. The third-order valence-corrected chi connectivity index (χ3v) is 2.83. The second kappa shape index (κ2) is 5.58. The van der Waals surface area contributed by atoms with Crippen LogP contribution in [0.3, 0.4) is 0 Å². The summed E-state index contributed by atoms with van der Waals surface area (Å²) in [6, 6.07) is 5.28. The van der Waals surface area contributed by atoms with Gasteiger partial charge in [-0.3, -0.25) is 4.98 Å². The number of aliphatic hydroxyl groups excluding tert-OH is 1. The number of hydrogen-bond acceptors (Lipinski definition) is 2. The largest absolute Gasteiger partial charge is 0.416 e. The van der Waals surface area contributed by atoms with Crippen LogP contribution in [0.25, 0.3) is 0 Å². The number of pyridine rings is 1. The summed E-state index contributed by atoms with van der Waals surface area (Å²) >= 11 is 0. The van der Waals surface area contributed by atoms with Gasteiger partial charge >= 0.3 is 6.18 Å². The maximum absolute atomic E-state index is 13.6. The van der Waals surface area contributed by atoms with Crippen molar-refractivity contribution in [2.75, 3.05) is 0 Å². The van der Waals surface area contributed by atoms with E-state index in [1.54, 1.807) is 12.1 Å². The molecule has 0 saturated carbocycles. The monoisotopic (exact) mass is 285 g/mol. The molecule has 1 aromatic carbocycles. The smallest absolute Gasteiger partial charge is 0.388 e. The van der Waals surface area contributed by atoms with Gasteiger partial charge in [0.2, 0.25) is 0 Å². The second-order valence-corrected chi connectivity index (χ2v) is 4.32. The van der Waals surface area contributed by atoms with Gasteiger partial charge in [-0.05, 0) is 29.8 Å². The Bertz CT molecular complexity index is 583. The van der Waals surface area contributed by atoms with Crippen molar-refractivity contribution in [3.63, 3.8) is 0 Å². The third-order valence-electron chi connectivity index (χ3n) is 2.83. The Hall–Kier alpha value is -1.95. The molecule has 0 aliphatic rings. The topological polar surface area (TPSA) is 33.1 Å². The molecule has 1 heterocycles. The second-order valence-electron chi connectivity index (χ2n) is 4.32. The van der Waals surface area contributed by atoms with Crippen LogP contribution in [-0.4, -0.2) is 10.1 Å². The van der Waals surface area contributed by atoms with Crippen LogP contribution in [0.5, 0.6) is 0 Å². The van der Waals surface area contributed by atoms with E-state index in [4.69, 9.17) is 0 Å². The molecule has 1 N–H and O–H groups in total. The van der Waals surface area contributed by atoms with E-state index in [2.05, 4.69) is 4.98 Å². The van der Waals surface area contributed by atoms with Crippen LogP contribution in [-0.2, 0) is 12.6 Å². The molecule has 106 valence electrons. The number of nitrogens with zero attached hydrogens (tertiary/aromatic N) is 1. The van der Waals surface area contributed by atoms with Gasteiger partial charge in [0.1, 0.15) is 5.82 Å². The Labute approximate surface area is 112 Å². The molecule has 0 bridgehead atoms. The fourth-order valence-corrected chi connectivity index (χ4v) is 1.83. The minimum absolute atomic E-state index is 0.00787. The molecular weight excluding hydrogens is 274 g/mol. The van der Waals surface area contributed by atoms with E-state index >= 15 is 0 Å². The molecule has 20 heavy (non-hydrogen) atoms. The minimum atomic E-state index is -4.57. The third kappa shape index (κ3) is 3.33. The molecule has 2 aromatic rings. The van der Waals surface area contributed by atoms with Gasteiger partial charge in [-0.25, -0.2) is 4.39 Å². The molecule has 0 fully saturated rings. The lowest BCUT2D eigenvalue weighted by atomic mass is 10.00. The van der Waals surface area contributed by atoms with E-state index in [9.17, 15) is 22.7 Å². The SMILES string of the molecule is OC(Cc1cccnc1)c1cc(C(F)(F)F)ccc1F. The van der Waals surface area contributed by atoms with E-state index in [0.29, 0.717) is 23.8 Å². The van der Waals surface area contributed by atoms with Crippen LogP contribution in [0.2, 0.25) is 0 Å². The van der Waals surface area contributed by atoms with Crippen molar-refractivity contribution in [3.8, 4) is 0 Å². The molecule has 2 nitrogen and oxygen atoms in total. The maximum atomic E-state index is 13.6. The van der Waals surface area contributed by atoms with Crippen molar-refractivity contribution < 1.29 is 22.7 Å². The van der Waals surface area contributed by atoms with Crippen molar-refractivity contribution in [3.05, 3.63) is 65.2 Å². The van der Waals surface area contributed by atoms with E-state index in [1.165, 1.54) is 12.4 Å². The zero-order valence-electron chi connectivity index (χ0n) is 10.2. The van der Waals surface area contributed by atoms with Gasteiger partial charge in [0.25, 0.3) is 0 Å². The van der Waals surface area contributed by atoms with Crippen molar-refractivity contribution in [2.24, 2.45) is 0 Å². The summed E-state index contributed by atoms with van der Waals surface area (Å²) in [5, 5.41) is 9.91. The van der Waals surface area contributed by atoms with Crippen LogP contribution in [0, 0.1) is 5.82 Å². The van der Waals surface area contributed by atoms with E-state index in [1.807, 2.05) is 0 Å². The molecule has 0 aliphatic carbocycles. The Morgan fingerprint density at radius 1 is 1.20 bits per heavy atom. The summed E-state index contributed by atoms with van der Waals surface area (Å²) in [4.78, 5) is 3.83. The molecule has 0 amide bonds. The zero-order valence-corrected chi connectivity index (χ0v) is 10.2. The van der Waals surface area contributed by atoms with Gasteiger partial charge in [0.15, 0.2) is 0 Å². The number of rotatable bonds is 3. The molecule has 1 aromatic heterocycles. The first-order valence-corrected chi connectivity index (χ1v) is 5.81. The highest BCUT2D eigenvalue weighted by Gasteiger charge is 2.31. The van der Waals surface area contributed by atoms with Crippen LogP contribution in [0.1, 0.15) is 22.8 Å². The Balaban J connectivity index is 2.27. The number of halogens is 4. The molecular formula is C14H11F4NO. The fraction of sp³-hybridized carbons (Fsp3) is 0.214.